The number of nitro benzene ring substituents is 2. The van der Waals surface area contributed by atoms with Crippen molar-refractivity contribution in [2.24, 2.45) is 0 Å². The van der Waals surface area contributed by atoms with Crippen molar-refractivity contribution in [1.82, 2.24) is 10.2 Å². The van der Waals surface area contributed by atoms with Gasteiger partial charge in [-0.15, -0.1) is 0 Å². The number of hydrogen-bond acceptors (Lipinski definition) is 6. The lowest BCUT2D eigenvalue weighted by molar-refractivity contribution is -0.394. The molecule has 0 radical (unpaired) electrons. The molecule has 1 aromatic rings. The van der Waals surface area contributed by atoms with Gasteiger partial charge in [0.25, 0.3) is 17.3 Å². The highest BCUT2D eigenvalue weighted by Crippen LogP contribution is 2.24. The Morgan fingerprint density at radius 2 is 1.81 bits per heavy atom. The van der Waals surface area contributed by atoms with Crippen molar-refractivity contribution < 1.29 is 14.6 Å². The fourth-order valence-corrected chi connectivity index (χ4v) is 2.24. The summed E-state index contributed by atoms with van der Waals surface area (Å²) in [5, 5.41) is 24.8. The number of rotatable bonds is 3. The molecule has 1 aliphatic heterocycles. The van der Waals surface area contributed by atoms with Gasteiger partial charge >= 0.3 is 0 Å². The fraction of sp³-hybridized carbons (Fsp3) is 0.417. The summed E-state index contributed by atoms with van der Waals surface area (Å²) in [5.74, 6) is -0.434. The number of amides is 1. The molecule has 0 spiro atoms. The van der Waals surface area contributed by atoms with Crippen LogP contribution in [0.15, 0.2) is 18.2 Å². The van der Waals surface area contributed by atoms with Crippen molar-refractivity contribution >= 4 is 17.3 Å². The molecule has 21 heavy (non-hydrogen) atoms. The Kier molecular flexibility index (Phi) is 4.13. The SMILES string of the molecule is C[C@@H]1CNCCN1C(=O)c1cc([N+](=O)[O-])cc([N+](=O)[O-])c1. The molecule has 0 aromatic heterocycles. The first-order valence-electron chi connectivity index (χ1n) is 6.35. The van der Waals surface area contributed by atoms with Gasteiger partial charge in [-0.25, -0.2) is 0 Å². The predicted octanol–water partition coefficient (Wildman–Crippen LogP) is 0.937. The molecule has 1 aliphatic rings. The lowest BCUT2D eigenvalue weighted by Crippen LogP contribution is -2.52. The number of nitro groups is 2. The number of benzene rings is 1. The Morgan fingerprint density at radius 1 is 1.24 bits per heavy atom. The average Bonchev–Trinajstić information content (AvgIpc) is 2.46. The largest absolute Gasteiger partial charge is 0.333 e. The maximum absolute atomic E-state index is 12.4. The van der Waals surface area contributed by atoms with Crippen LogP contribution >= 0.6 is 0 Å². The van der Waals surface area contributed by atoms with Crippen LogP contribution in [0.5, 0.6) is 0 Å². The third-order valence-electron chi connectivity index (χ3n) is 3.33. The number of non-ortho nitro benzene ring substituents is 2. The van der Waals surface area contributed by atoms with E-state index in [0.717, 1.165) is 18.2 Å². The standard InChI is InChI=1S/C12H14N4O5/c1-8-7-13-2-3-14(8)12(17)9-4-10(15(18)19)6-11(5-9)16(20)21/h4-6,8,13H,2-3,7H2,1H3/t8-/m1/s1. The second-order valence-electron chi connectivity index (χ2n) is 4.80. The molecule has 1 atom stereocenters. The molecule has 0 saturated carbocycles. The summed E-state index contributed by atoms with van der Waals surface area (Å²) in [6, 6.07) is 2.91. The highest BCUT2D eigenvalue weighted by molar-refractivity contribution is 5.96. The lowest BCUT2D eigenvalue weighted by atomic mass is 10.1. The van der Waals surface area contributed by atoms with E-state index in [-0.39, 0.29) is 11.6 Å². The van der Waals surface area contributed by atoms with Crippen LogP contribution in [0, 0.1) is 20.2 Å². The summed E-state index contributed by atoms with van der Waals surface area (Å²) in [6.07, 6.45) is 0. The Bertz CT molecular complexity index is 571. The van der Waals surface area contributed by atoms with Gasteiger partial charge in [0, 0.05) is 37.8 Å². The molecule has 1 N–H and O–H groups in total. The van der Waals surface area contributed by atoms with E-state index in [1.54, 1.807) is 4.90 Å². The predicted molar refractivity (Wildman–Crippen MR) is 73.1 cm³/mol. The van der Waals surface area contributed by atoms with Crippen molar-refractivity contribution in [2.45, 2.75) is 13.0 Å². The van der Waals surface area contributed by atoms with E-state index >= 15 is 0 Å². The molecule has 9 nitrogen and oxygen atoms in total. The van der Waals surface area contributed by atoms with Gasteiger partial charge < -0.3 is 10.2 Å². The van der Waals surface area contributed by atoms with Crippen LogP contribution < -0.4 is 5.32 Å². The number of hydrogen-bond donors (Lipinski definition) is 1. The van der Waals surface area contributed by atoms with E-state index in [0.29, 0.717) is 19.6 Å². The number of nitrogens with one attached hydrogen (secondary N) is 1. The topological polar surface area (TPSA) is 119 Å². The first kappa shape index (κ1) is 14.9. The smallest absolute Gasteiger partial charge is 0.277 e. The minimum Gasteiger partial charge on any atom is -0.333 e. The van der Waals surface area contributed by atoms with Crippen molar-refractivity contribution in [1.29, 1.82) is 0 Å². The van der Waals surface area contributed by atoms with Crippen molar-refractivity contribution in [3.05, 3.63) is 44.0 Å². The molecular weight excluding hydrogens is 280 g/mol. The second-order valence-corrected chi connectivity index (χ2v) is 4.80. The van der Waals surface area contributed by atoms with Crippen LogP contribution in [0.3, 0.4) is 0 Å². The minimum absolute atomic E-state index is 0.0374. The normalized spacial score (nSPS) is 18.3. The summed E-state index contributed by atoms with van der Waals surface area (Å²) < 4.78 is 0. The van der Waals surface area contributed by atoms with Crippen molar-refractivity contribution in [2.75, 3.05) is 19.6 Å². The van der Waals surface area contributed by atoms with Gasteiger partial charge in [0.1, 0.15) is 0 Å². The van der Waals surface area contributed by atoms with E-state index in [2.05, 4.69) is 5.32 Å². The third kappa shape index (κ3) is 3.14. The van der Waals surface area contributed by atoms with Crippen molar-refractivity contribution in [3.63, 3.8) is 0 Å². The molecule has 1 aromatic carbocycles. The molecule has 1 heterocycles. The molecule has 0 unspecified atom stereocenters. The van der Waals surface area contributed by atoms with E-state index in [1.807, 2.05) is 6.92 Å². The van der Waals surface area contributed by atoms with Crippen LogP contribution in [0.2, 0.25) is 0 Å². The van der Waals surface area contributed by atoms with Crippen LogP contribution in [0.4, 0.5) is 11.4 Å². The maximum Gasteiger partial charge on any atom is 0.277 e. The van der Waals surface area contributed by atoms with E-state index < -0.39 is 27.1 Å². The van der Waals surface area contributed by atoms with E-state index in [1.165, 1.54) is 0 Å². The van der Waals surface area contributed by atoms with Gasteiger partial charge in [0.05, 0.1) is 21.5 Å². The van der Waals surface area contributed by atoms with Gasteiger partial charge in [-0.05, 0) is 6.92 Å². The number of piperazine rings is 1. The molecule has 0 aliphatic carbocycles. The van der Waals surface area contributed by atoms with Gasteiger partial charge in [-0.2, -0.15) is 0 Å². The van der Waals surface area contributed by atoms with Crippen LogP contribution in [0.25, 0.3) is 0 Å². The Labute approximate surface area is 119 Å². The zero-order valence-electron chi connectivity index (χ0n) is 11.3. The van der Waals surface area contributed by atoms with Gasteiger partial charge in [0.2, 0.25) is 0 Å². The zero-order valence-corrected chi connectivity index (χ0v) is 11.3. The van der Waals surface area contributed by atoms with Crippen LogP contribution in [-0.2, 0) is 0 Å². The summed E-state index contributed by atoms with van der Waals surface area (Å²) in [4.78, 5) is 34.2. The third-order valence-corrected chi connectivity index (χ3v) is 3.33. The van der Waals surface area contributed by atoms with Gasteiger partial charge in [-0.1, -0.05) is 0 Å². The Hall–Kier alpha value is -2.55. The Balaban J connectivity index is 2.39. The quantitative estimate of drug-likeness (QED) is 0.654. The number of nitrogens with zero attached hydrogens (tertiary/aromatic N) is 3. The maximum atomic E-state index is 12.4. The van der Waals surface area contributed by atoms with E-state index in [4.69, 9.17) is 0 Å². The molecule has 1 fully saturated rings. The van der Waals surface area contributed by atoms with E-state index in [9.17, 15) is 25.0 Å². The molecule has 1 saturated heterocycles. The summed E-state index contributed by atoms with van der Waals surface area (Å²) in [5.41, 5.74) is -0.963. The van der Waals surface area contributed by atoms with Gasteiger partial charge in [0.15, 0.2) is 0 Å². The van der Waals surface area contributed by atoms with Crippen LogP contribution in [0.1, 0.15) is 17.3 Å². The second kappa shape index (κ2) is 5.83. The number of carbonyl (C=O) groups is 1. The molecule has 0 bridgehead atoms. The Morgan fingerprint density at radius 3 is 2.29 bits per heavy atom. The minimum atomic E-state index is -0.745. The highest BCUT2D eigenvalue weighted by Gasteiger charge is 2.27. The van der Waals surface area contributed by atoms with Gasteiger partial charge in [-0.3, -0.25) is 25.0 Å². The number of carbonyl (C=O) groups excluding carboxylic acids is 1. The highest BCUT2D eigenvalue weighted by atomic mass is 16.6. The molecule has 2 rings (SSSR count). The average molecular weight is 294 g/mol. The molecular formula is C12H14N4O5. The lowest BCUT2D eigenvalue weighted by Gasteiger charge is -2.33. The summed E-state index contributed by atoms with van der Waals surface area (Å²) in [7, 11) is 0. The van der Waals surface area contributed by atoms with Crippen molar-refractivity contribution in [3.8, 4) is 0 Å². The molecule has 9 heteroatoms. The summed E-state index contributed by atoms with van der Waals surface area (Å²) in [6.45, 7) is 3.53. The molecule has 1 amide bonds. The monoisotopic (exact) mass is 294 g/mol. The summed E-state index contributed by atoms with van der Waals surface area (Å²) >= 11 is 0. The first-order chi connectivity index (χ1) is 9.90. The fourth-order valence-electron chi connectivity index (χ4n) is 2.24. The zero-order chi connectivity index (χ0) is 15.6. The molecule has 112 valence electrons. The first-order valence-corrected chi connectivity index (χ1v) is 6.35. The van der Waals surface area contributed by atoms with Crippen LogP contribution in [-0.4, -0.2) is 46.3 Å².